The maximum atomic E-state index is 8.44. The van der Waals surface area contributed by atoms with Crippen molar-refractivity contribution in [1.82, 2.24) is 0 Å². The topological polar surface area (TPSA) is 23.2 Å². The summed E-state index contributed by atoms with van der Waals surface area (Å²) in [6, 6.07) is 0. The lowest BCUT2D eigenvalue weighted by atomic mass is 10.6. The summed E-state index contributed by atoms with van der Waals surface area (Å²) in [5.41, 5.74) is 0. The van der Waals surface area contributed by atoms with Gasteiger partial charge >= 0.3 is 0 Å². The minimum absolute atomic E-state index is 0.248. The average molecular weight is 116 g/mol. The van der Waals surface area contributed by atoms with Gasteiger partial charge in [0.25, 0.3) is 0 Å². The second-order valence-electron chi connectivity index (χ2n) is 1.61. The molecule has 0 fully saturated rings. The van der Waals surface area contributed by atoms with E-state index >= 15 is 0 Å². The Hall–Kier alpha value is -0.370. The standard InChI is InChI=1S/C6H14NO/c1-3-7(4-2)5-6-8/h3,8H,4-6H2,1-2H3/q+1. The average Bonchev–Trinajstić information content (AvgIpc) is 1.83. The van der Waals surface area contributed by atoms with Crippen LogP contribution in [0.4, 0.5) is 0 Å². The third kappa shape index (κ3) is 2.75. The summed E-state index contributed by atoms with van der Waals surface area (Å²) in [5.74, 6) is 0. The van der Waals surface area contributed by atoms with Gasteiger partial charge in [0.05, 0.1) is 0 Å². The lowest BCUT2D eigenvalue weighted by Gasteiger charge is -1.93. The van der Waals surface area contributed by atoms with Crippen LogP contribution in [0.2, 0.25) is 0 Å². The number of nitrogens with zero attached hydrogens (tertiary/aromatic N) is 1. The van der Waals surface area contributed by atoms with Crippen molar-refractivity contribution in [3.8, 4) is 0 Å². The second kappa shape index (κ2) is 4.78. The largest absolute Gasteiger partial charge is 0.390 e. The Morgan fingerprint density at radius 1 is 1.62 bits per heavy atom. The minimum atomic E-state index is 0.248. The molecule has 0 amide bonds. The molecule has 0 atom stereocenters. The van der Waals surface area contributed by atoms with Gasteiger partial charge in [-0.15, -0.1) is 0 Å². The molecule has 0 saturated heterocycles. The van der Waals surface area contributed by atoms with Crippen molar-refractivity contribution in [2.45, 2.75) is 13.8 Å². The number of aliphatic hydroxyl groups excluding tert-OH is 1. The molecule has 0 aromatic rings. The van der Waals surface area contributed by atoms with Crippen LogP contribution in [0.25, 0.3) is 0 Å². The van der Waals surface area contributed by atoms with Gasteiger partial charge < -0.3 is 5.11 Å². The van der Waals surface area contributed by atoms with E-state index in [1.54, 1.807) is 0 Å². The van der Waals surface area contributed by atoms with Crippen molar-refractivity contribution >= 4 is 6.21 Å². The van der Waals surface area contributed by atoms with E-state index in [9.17, 15) is 0 Å². The van der Waals surface area contributed by atoms with Crippen molar-refractivity contribution in [1.29, 1.82) is 0 Å². The molecule has 0 bridgehead atoms. The number of rotatable bonds is 3. The lowest BCUT2D eigenvalue weighted by molar-refractivity contribution is -0.522. The van der Waals surface area contributed by atoms with Crippen LogP contribution in [-0.2, 0) is 0 Å². The van der Waals surface area contributed by atoms with Gasteiger partial charge in [0.2, 0.25) is 0 Å². The van der Waals surface area contributed by atoms with Gasteiger partial charge in [-0.2, -0.15) is 0 Å². The normalized spacial score (nSPS) is 12.1. The Labute approximate surface area is 50.5 Å². The highest BCUT2D eigenvalue weighted by Crippen LogP contribution is 1.70. The molecule has 0 aromatic carbocycles. The Balaban J connectivity index is 3.38. The highest BCUT2D eigenvalue weighted by atomic mass is 16.3. The van der Waals surface area contributed by atoms with Gasteiger partial charge in [-0.25, -0.2) is 4.58 Å². The molecule has 0 saturated carbocycles. The van der Waals surface area contributed by atoms with Gasteiger partial charge in [-0.1, -0.05) is 0 Å². The van der Waals surface area contributed by atoms with Crippen molar-refractivity contribution in [2.24, 2.45) is 0 Å². The molecular weight excluding hydrogens is 102 g/mol. The van der Waals surface area contributed by atoms with Crippen LogP contribution < -0.4 is 0 Å². The zero-order valence-corrected chi connectivity index (χ0v) is 5.59. The van der Waals surface area contributed by atoms with E-state index < -0.39 is 0 Å². The van der Waals surface area contributed by atoms with Crippen LogP contribution >= 0.6 is 0 Å². The molecule has 0 aromatic heterocycles. The second-order valence-corrected chi connectivity index (χ2v) is 1.61. The first-order valence-corrected chi connectivity index (χ1v) is 2.99. The number of hydrogen-bond donors (Lipinski definition) is 1. The number of aliphatic hydroxyl groups is 1. The molecule has 0 heterocycles. The molecule has 0 aliphatic carbocycles. The Morgan fingerprint density at radius 2 is 2.25 bits per heavy atom. The SMILES string of the molecule is CC=[N+](CC)CCO. The molecule has 0 aliphatic rings. The summed E-state index contributed by atoms with van der Waals surface area (Å²) in [4.78, 5) is 0. The van der Waals surface area contributed by atoms with Crippen LogP contribution in [0, 0.1) is 0 Å². The summed E-state index contributed by atoms with van der Waals surface area (Å²) >= 11 is 0. The quantitative estimate of drug-likeness (QED) is 0.410. The fraction of sp³-hybridized carbons (Fsp3) is 0.833. The molecule has 0 aliphatic heterocycles. The number of likely N-dealkylation sites (N-methyl/N-ethyl adjacent to an activating group) is 1. The van der Waals surface area contributed by atoms with Gasteiger partial charge in [0, 0.05) is 6.92 Å². The van der Waals surface area contributed by atoms with E-state index in [1.807, 2.05) is 13.1 Å². The van der Waals surface area contributed by atoms with Crippen LogP contribution in [-0.4, -0.2) is 35.6 Å². The molecule has 2 nitrogen and oxygen atoms in total. The third-order valence-electron chi connectivity index (χ3n) is 1.16. The van der Waals surface area contributed by atoms with Crippen LogP contribution in [0.1, 0.15) is 13.8 Å². The van der Waals surface area contributed by atoms with Crippen LogP contribution in [0.3, 0.4) is 0 Å². The zero-order valence-electron chi connectivity index (χ0n) is 5.59. The summed E-state index contributed by atoms with van der Waals surface area (Å²) in [7, 11) is 0. The van der Waals surface area contributed by atoms with Gasteiger partial charge in [0.15, 0.2) is 6.54 Å². The van der Waals surface area contributed by atoms with E-state index in [2.05, 4.69) is 11.5 Å². The highest BCUT2D eigenvalue weighted by Gasteiger charge is 1.92. The van der Waals surface area contributed by atoms with Gasteiger partial charge in [-0.3, -0.25) is 0 Å². The van der Waals surface area contributed by atoms with E-state index in [0.29, 0.717) is 0 Å². The Kier molecular flexibility index (Phi) is 4.56. The summed E-state index contributed by atoms with van der Waals surface area (Å²) in [5, 5.41) is 8.44. The van der Waals surface area contributed by atoms with Crippen molar-refractivity contribution in [3.05, 3.63) is 0 Å². The monoisotopic (exact) mass is 116 g/mol. The summed E-state index contributed by atoms with van der Waals surface area (Å²) in [6.45, 7) is 6.02. The number of hydrogen-bond acceptors (Lipinski definition) is 1. The highest BCUT2D eigenvalue weighted by molar-refractivity contribution is 5.46. The first-order chi connectivity index (χ1) is 3.85. The molecule has 1 N–H and O–H groups in total. The lowest BCUT2D eigenvalue weighted by Crippen LogP contribution is -2.15. The predicted octanol–water partition coefficient (Wildman–Crippen LogP) is 0.102. The smallest absolute Gasteiger partial charge is 0.165 e. The van der Waals surface area contributed by atoms with Gasteiger partial charge in [0.1, 0.15) is 19.4 Å². The first kappa shape index (κ1) is 7.63. The van der Waals surface area contributed by atoms with E-state index in [4.69, 9.17) is 5.11 Å². The van der Waals surface area contributed by atoms with Crippen molar-refractivity contribution in [3.63, 3.8) is 0 Å². The maximum absolute atomic E-state index is 8.44. The van der Waals surface area contributed by atoms with E-state index in [0.717, 1.165) is 13.1 Å². The fourth-order valence-electron chi connectivity index (χ4n) is 0.598. The minimum Gasteiger partial charge on any atom is -0.390 e. The summed E-state index contributed by atoms with van der Waals surface area (Å²) in [6.07, 6.45) is 1.98. The predicted molar refractivity (Wildman–Crippen MR) is 34.5 cm³/mol. The summed E-state index contributed by atoms with van der Waals surface area (Å²) < 4.78 is 2.06. The fourth-order valence-corrected chi connectivity index (χ4v) is 0.598. The molecule has 48 valence electrons. The van der Waals surface area contributed by atoms with Crippen molar-refractivity contribution < 1.29 is 9.68 Å². The van der Waals surface area contributed by atoms with Gasteiger partial charge in [-0.05, 0) is 6.92 Å². The first-order valence-electron chi connectivity index (χ1n) is 2.99. The van der Waals surface area contributed by atoms with Crippen molar-refractivity contribution in [2.75, 3.05) is 19.7 Å². The molecule has 0 unspecified atom stereocenters. The Bertz CT molecular complexity index is 78.6. The third-order valence-corrected chi connectivity index (χ3v) is 1.16. The maximum Gasteiger partial charge on any atom is 0.165 e. The van der Waals surface area contributed by atoms with E-state index in [1.165, 1.54) is 0 Å². The van der Waals surface area contributed by atoms with Crippen LogP contribution in [0.15, 0.2) is 0 Å². The Morgan fingerprint density at radius 3 is 2.38 bits per heavy atom. The molecule has 8 heavy (non-hydrogen) atoms. The molecule has 0 radical (unpaired) electrons. The van der Waals surface area contributed by atoms with Crippen LogP contribution in [0.5, 0.6) is 0 Å². The molecule has 2 heteroatoms. The van der Waals surface area contributed by atoms with E-state index in [-0.39, 0.29) is 6.61 Å². The molecule has 0 spiro atoms. The zero-order chi connectivity index (χ0) is 6.41. The molecule has 0 rings (SSSR count). The molecular formula is C6H14NO+.